The van der Waals surface area contributed by atoms with Crippen molar-refractivity contribution >= 4 is 156 Å². The third kappa shape index (κ3) is 8.74. The minimum Gasteiger partial charge on any atom is -0.334 e. The van der Waals surface area contributed by atoms with Crippen LogP contribution in [0.5, 0.6) is 0 Å². The van der Waals surface area contributed by atoms with Crippen LogP contribution in [0.25, 0.3) is 64.6 Å². The van der Waals surface area contributed by atoms with Gasteiger partial charge in [-0.15, -0.1) is 0 Å². The quantitative estimate of drug-likeness (QED) is 0.104. The second-order valence-electron chi connectivity index (χ2n) is 27.9. The monoisotopic (exact) mass is 1450 g/mol. The summed E-state index contributed by atoms with van der Waals surface area (Å²) in [6.45, 7) is 10.6. The van der Waals surface area contributed by atoms with Gasteiger partial charge in [0.05, 0.1) is 0 Å². The fourth-order valence-corrected chi connectivity index (χ4v) is 16.6. The molecule has 6 aromatic heterocycles. The number of aliphatic imine (C=N–C) groups is 6. The molecular formula is C79H46B3F9N18. The van der Waals surface area contributed by atoms with Crippen molar-refractivity contribution in [2.75, 3.05) is 0 Å². The molecule has 18 nitrogen and oxygen atoms in total. The Balaban J connectivity index is 0.000000104. The molecule has 9 aliphatic rings. The van der Waals surface area contributed by atoms with Crippen LogP contribution in [0.1, 0.15) is 57.5 Å². The zero-order chi connectivity index (χ0) is 73.4. The molecule has 0 spiro atoms. The molecule has 0 aliphatic carbocycles. The van der Waals surface area contributed by atoms with Gasteiger partial charge in [0, 0.05) is 98.0 Å². The molecule has 15 heterocycles. The molecule has 9 aliphatic heterocycles. The second kappa shape index (κ2) is 22.1. The van der Waals surface area contributed by atoms with Gasteiger partial charge in [0.25, 0.3) is 0 Å². The Hall–Kier alpha value is -13.4. The van der Waals surface area contributed by atoms with Crippen LogP contribution in [0, 0.1) is 73.1 Å². The zero-order valence-corrected chi connectivity index (χ0v) is 57.0. The Bertz CT molecular complexity index is 7620. The van der Waals surface area contributed by atoms with E-state index in [0.29, 0.717) is 107 Å². The topological polar surface area (TPSA) is 178 Å². The van der Waals surface area contributed by atoms with Crippen molar-refractivity contribution in [2.45, 2.75) is 48.7 Å². The van der Waals surface area contributed by atoms with Crippen LogP contribution in [0.4, 0.5) is 74.4 Å². The number of halogens is 9. The highest BCUT2D eigenvalue weighted by Gasteiger charge is 2.39. The highest BCUT2D eigenvalue weighted by molar-refractivity contribution is 6.58. The maximum atomic E-state index is 14.8. The maximum absolute atomic E-state index is 14.8. The van der Waals surface area contributed by atoms with Gasteiger partial charge < -0.3 is 26.9 Å². The molecule has 0 N–H and O–H groups in total. The van der Waals surface area contributed by atoms with Crippen molar-refractivity contribution in [3.05, 3.63) is 281 Å². The third-order valence-electron chi connectivity index (χ3n) is 21.6. The predicted molar refractivity (Wildman–Crippen MR) is 403 cm³/mol. The molecule has 0 radical (unpaired) electrons. The fourth-order valence-electron chi connectivity index (χ4n) is 16.6. The molecule has 9 aromatic carbocycles. The number of aromatic nitrogens is 6. The fraction of sp³-hybridized carbons (Fsp3) is 0.0886. The smallest absolute Gasteiger partial charge is 0.334 e. The molecule has 0 saturated heterocycles. The molecule has 109 heavy (non-hydrogen) atoms. The molecule has 15 aromatic rings. The summed E-state index contributed by atoms with van der Waals surface area (Å²) < 4.78 is 141. The van der Waals surface area contributed by atoms with E-state index >= 15 is 0 Å². The number of hydrogen-bond donors (Lipinski definition) is 0. The van der Waals surface area contributed by atoms with Gasteiger partial charge in [0.2, 0.25) is 0 Å². The van der Waals surface area contributed by atoms with Crippen molar-refractivity contribution in [1.82, 2.24) is 26.9 Å². The summed E-state index contributed by atoms with van der Waals surface area (Å²) in [5.74, 6) is -1.19. The number of aryl methyl sites for hydroxylation is 3. The number of fused-ring (bicyclic) bond motifs is 30. The second-order valence-corrected chi connectivity index (χ2v) is 27.9. The van der Waals surface area contributed by atoms with E-state index in [4.69, 9.17) is 49.9 Å². The van der Waals surface area contributed by atoms with Crippen LogP contribution in [0.3, 0.4) is 0 Å². The minimum absolute atomic E-state index is 0. The third-order valence-corrected chi connectivity index (χ3v) is 21.6. The van der Waals surface area contributed by atoms with Crippen LogP contribution in [-0.2, 0) is 0 Å². The van der Waals surface area contributed by atoms with Gasteiger partial charge in [0.1, 0.15) is 96.9 Å². The first kappa shape index (κ1) is 64.0. The lowest BCUT2D eigenvalue weighted by Crippen LogP contribution is -2.46. The van der Waals surface area contributed by atoms with E-state index in [1.54, 1.807) is 46.2 Å². The number of rotatable bonds is 0. The van der Waals surface area contributed by atoms with Crippen molar-refractivity contribution < 1.29 is 39.5 Å². The van der Waals surface area contributed by atoms with Crippen LogP contribution in [0.2, 0.25) is 20.5 Å². The van der Waals surface area contributed by atoms with E-state index in [0.717, 1.165) is 101 Å². The van der Waals surface area contributed by atoms with E-state index < -0.39 is 36.1 Å². The highest BCUT2D eigenvalue weighted by Crippen LogP contribution is 2.46. The lowest BCUT2D eigenvalue weighted by Gasteiger charge is -2.20. The standard InChI is InChI=1S/C26H12BF5N6.2C26H15BF2N6.CH4/c1-9-3-12-13(6-16(9)28)23-34-21-10-4-17(29)18(30)5-11(10)22(33-21)35-24-14-7-19(31)20(32)8-15(14)26-36-25(12)37(23)27(2)38(24)26;1-12-3-6-16-19(9-12)25-31-21-15-7-4-13(28)10-18(15)22(30-21)32-23-17-8-5-14(29)11-20(17)26-33-24(16)35(25)27(2)34(23)26;1-12-3-6-16-19(9-12)25-33-26-20-11-14(29)5-8-17(20)24-32-22-18-10-13(28)4-7-15(18)21(30-22)31-23(16)34(25)27(2)35(24)26;/h3-8H,1-2H3;2*3-11H,1-2H3;1H4. The molecule has 524 valence electrons. The van der Waals surface area contributed by atoms with E-state index in [1.165, 1.54) is 54.6 Å². The normalized spacial score (nSPS) is 14.8. The number of nitrogens with zero attached hydrogens (tertiary/aromatic N) is 18. The van der Waals surface area contributed by atoms with Gasteiger partial charge in [-0.1, -0.05) is 42.8 Å². The number of benzene rings is 9. The first-order chi connectivity index (χ1) is 52.2. The van der Waals surface area contributed by atoms with Crippen LogP contribution >= 0.6 is 0 Å². The molecule has 0 unspecified atom stereocenters. The van der Waals surface area contributed by atoms with Crippen LogP contribution < -0.4 is 32.9 Å². The highest BCUT2D eigenvalue weighted by atomic mass is 19.2. The van der Waals surface area contributed by atoms with Crippen molar-refractivity contribution in [2.24, 2.45) is 59.9 Å². The summed E-state index contributed by atoms with van der Waals surface area (Å²) >= 11 is 0. The summed E-state index contributed by atoms with van der Waals surface area (Å²) in [6, 6.07) is 37.8. The SMILES string of the molecule is C.CB1n2c3c4cc(F)c(C)cc4c2N=c2c4cc(F)c(F)cc4c(n21)=NC1=NC(=N3)c2cc(F)c(F)cc21.CB1n2c3c4ccc(F)cc4c2N=c2c4cc(C)ccc4c(n21)=NC1=NC(=N3)c2cc(F)ccc21.CB1n2c3c4ccc(F)cc4c2N=c2c4ccc(C)cc4c(n21)=NC1=NC(=N3)c2cc(F)ccc21. The Morgan fingerprint density at radius 2 is 0.514 bits per heavy atom. The van der Waals surface area contributed by atoms with Crippen molar-refractivity contribution in [1.29, 1.82) is 0 Å². The molecule has 0 saturated carbocycles. The summed E-state index contributed by atoms with van der Waals surface area (Å²) in [4.78, 5) is 58.1. The summed E-state index contributed by atoms with van der Waals surface area (Å²) in [5, 5.41) is 8.28. The van der Waals surface area contributed by atoms with Gasteiger partial charge >= 0.3 is 20.9 Å². The Labute approximate surface area is 608 Å². The van der Waals surface area contributed by atoms with Gasteiger partial charge in [0.15, 0.2) is 58.3 Å². The van der Waals surface area contributed by atoms with E-state index in [2.05, 4.69) is 56.9 Å². The van der Waals surface area contributed by atoms with Gasteiger partial charge in [-0.25, -0.2) is 99.4 Å². The van der Waals surface area contributed by atoms with Gasteiger partial charge in [-0.3, -0.25) is 0 Å². The molecule has 24 rings (SSSR count). The zero-order valence-electron chi connectivity index (χ0n) is 57.0. The largest absolute Gasteiger partial charge is 0.386 e. The number of hydrogen-bond acceptors (Lipinski definition) is 12. The average molecular weight is 1450 g/mol. The Kier molecular flexibility index (Phi) is 13.0. The first-order valence-electron chi connectivity index (χ1n) is 34.4. The van der Waals surface area contributed by atoms with Crippen LogP contribution in [-0.4, -0.2) is 82.8 Å². The molecule has 0 amide bonds. The lowest BCUT2D eigenvalue weighted by atomic mass is 9.78. The minimum atomic E-state index is -1.10. The van der Waals surface area contributed by atoms with Gasteiger partial charge in [-0.2, -0.15) is 0 Å². The Morgan fingerprint density at radius 1 is 0.229 bits per heavy atom. The van der Waals surface area contributed by atoms with Gasteiger partial charge in [-0.05, 0) is 168 Å². The summed E-state index contributed by atoms with van der Waals surface area (Å²) in [5.41, 5.74) is 9.08. The average Bonchev–Trinajstić information content (AvgIpc) is 1.54. The van der Waals surface area contributed by atoms with E-state index in [-0.39, 0.29) is 78.3 Å². The molecule has 30 heteroatoms. The van der Waals surface area contributed by atoms with E-state index in [1.807, 2.05) is 41.8 Å². The van der Waals surface area contributed by atoms with E-state index in [9.17, 15) is 39.5 Å². The van der Waals surface area contributed by atoms with Crippen LogP contribution in [0.15, 0.2) is 206 Å². The first-order valence-corrected chi connectivity index (χ1v) is 34.4. The number of amidine groups is 6. The Morgan fingerprint density at radius 3 is 0.945 bits per heavy atom. The summed E-state index contributed by atoms with van der Waals surface area (Å²) in [7, 11) is 0. The maximum Gasteiger partial charge on any atom is 0.386 e. The molecule has 12 bridgehead atoms. The molecule has 0 fully saturated rings. The molecule has 0 atom stereocenters. The van der Waals surface area contributed by atoms with Crippen molar-refractivity contribution in [3.63, 3.8) is 0 Å². The van der Waals surface area contributed by atoms with Crippen molar-refractivity contribution in [3.8, 4) is 0 Å². The lowest BCUT2D eigenvalue weighted by molar-refractivity contribution is 0.508. The summed E-state index contributed by atoms with van der Waals surface area (Å²) in [6.07, 6.45) is 0. The predicted octanol–water partition coefficient (Wildman–Crippen LogP) is 14.4. The molecular weight excluding hydrogens is 1400 g/mol.